The summed E-state index contributed by atoms with van der Waals surface area (Å²) in [7, 11) is 0. The zero-order chi connectivity index (χ0) is 37.9. The Hall–Kier alpha value is -2.33. The Kier molecular flexibility index (Phi) is 20.6. The molecule has 4 rings (SSSR count). The van der Waals surface area contributed by atoms with Gasteiger partial charge < -0.3 is 15.8 Å². The van der Waals surface area contributed by atoms with Crippen molar-refractivity contribution >= 4 is 115 Å². The van der Waals surface area contributed by atoms with Gasteiger partial charge in [-0.15, -0.1) is 24.0 Å². The van der Waals surface area contributed by atoms with Crippen LogP contribution in [0.2, 0.25) is 0 Å². The van der Waals surface area contributed by atoms with Gasteiger partial charge in [0.25, 0.3) is 0 Å². The van der Waals surface area contributed by atoms with Crippen LogP contribution < -0.4 is 11.1 Å². The van der Waals surface area contributed by atoms with E-state index < -0.39 is 52.5 Å². The Bertz CT molecular complexity index is 1470. The number of hydrogen-bond donors (Lipinski definition) is 2. The molecule has 2 aromatic carbocycles. The summed E-state index contributed by atoms with van der Waals surface area (Å²) in [6.45, 7) is 9.64. The zero-order valence-corrected chi connectivity index (χ0v) is 39.0. The average Bonchev–Trinajstić information content (AvgIpc) is 2.89. The quantitative estimate of drug-likeness (QED) is 0.196. The molecule has 290 valence electrons. The minimum Gasteiger partial charge on any atom is -0.444 e. The standard InChI is InChI=1S/C15H20BrNO2.C11H12BrNO.4C2H4O2.CH4.HI.Pb/c1-14(2,3)19-13(18)17-15(9-4-10-15)11-5-7-12(16)8-6-11;12-9-4-2-8(3-5-9)11(10(13)14)6-1-7-11;4*1-2(3)4;;;/h5-8H,4,9-10H2,1-3H3,(H,17,18);2-5H,1,6-7H2,(H2,13,14);4*1H3,(H,3,4);1H4;1H;/q;;;;;;;;+4/p-4. The summed E-state index contributed by atoms with van der Waals surface area (Å²) in [5.74, 6) is -3.71. The molecule has 2 aliphatic rings. The summed E-state index contributed by atoms with van der Waals surface area (Å²) in [6.07, 6.45) is 5.61. The minimum absolute atomic E-state index is 0. The van der Waals surface area contributed by atoms with Gasteiger partial charge in [-0.2, -0.15) is 0 Å². The van der Waals surface area contributed by atoms with E-state index in [9.17, 15) is 28.8 Å². The molecular weight excluding hydrogens is 1120 g/mol. The van der Waals surface area contributed by atoms with Crippen molar-refractivity contribution in [2.45, 2.75) is 111 Å². The molecule has 0 aliphatic heterocycles. The molecule has 13 nitrogen and oxygen atoms in total. The Balaban J connectivity index is 0.000000744. The molecule has 0 bridgehead atoms. The van der Waals surface area contributed by atoms with E-state index in [1.54, 1.807) is 0 Å². The fourth-order valence-corrected chi connectivity index (χ4v) is 12.1. The molecule has 0 heterocycles. The largest absolute Gasteiger partial charge is 0.444 e. The van der Waals surface area contributed by atoms with Gasteiger partial charge in [-0.25, -0.2) is 4.79 Å². The van der Waals surface area contributed by atoms with Crippen molar-refractivity contribution in [3.05, 3.63) is 68.6 Å². The van der Waals surface area contributed by atoms with Crippen LogP contribution in [0.4, 0.5) is 4.79 Å². The number of nitrogens with two attached hydrogens (primary N) is 1. The first kappa shape index (κ1) is 49.7. The predicted octanol–water partition coefficient (Wildman–Crippen LogP) is 7.64. The second-order valence-corrected chi connectivity index (χ2v) is 21.6. The van der Waals surface area contributed by atoms with Gasteiger partial charge in [0.1, 0.15) is 5.60 Å². The predicted molar refractivity (Wildman–Crippen MR) is 213 cm³/mol. The number of primary amides is 1. The zero-order valence-electron chi connectivity index (χ0n) is 29.6. The molecule has 2 fully saturated rings. The number of amides is 2. The summed E-state index contributed by atoms with van der Waals surface area (Å²) in [6, 6.07) is 16.0. The number of benzene rings is 2. The number of alkyl carbamates (subject to hydrolysis) is 1. The third kappa shape index (κ3) is 15.6. The van der Waals surface area contributed by atoms with Crippen LogP contribution in [0.3, 0.4) is 0 Å². The van der Waals surface area contributed by atoms with Crippen molar-refractivity contribution in [1.82, 2.24) is 5.32 Å². The number of hydrogen-bond acceptors (Lipinski definition) is 11. The second kappa shape index (κ2) is 21.5. The van der Waals surface area contributed by atoms with Gasteiger partial charge >= 0.3 is 111 Å². The van der Waals surface area contributed by atoms with E-state index in [1.807, 2.05) is 57.2 Å². The molecule has 2 saturated carbocycles. The molecule has 17 heteroatoms. The maximum Gasteiger partial charge on any atom is 0.408 e. The van der Waals surface area contributed by atoms with Crippen molar-refractivity contribution in [3.63, 3.8) is 0 Å². The van der Waals surface area contributed by atoms with Crippen LogP contribution in [-0.2, 0) is 50.4 Å². The van der Waals surface area contributed by atoms with E-state index in [4.69, 9.17) is 10.5 Å². The molecule has 2 aliphatic carbocycles. The second-order valence-electron chi connectivity index (χ2n) is 12.8. The Morgan fingerprint density at radius 3 is 1.27 bits per heavy atom. The van der Waals surface area contributed by atoms with Gasteiger partial charge in [0, 0.05) is 8.95 Å². The van der Waals surface area contributed by atoms with Crippen LogP contribution >= 0.6 is 55.8 Å². The Labute approximate surface area is 346 Å². The van der Waals surface area contributed by atoms with E-state index in [0.717, 1.165) is 86.3 Å². The summed E-state index contributed by atoms with van der Waals surface area (Å²) >= 11 is 1.38. The molecule has 52 heavy (non-hydrogen) atoms. The first-order chi connectivity index (χ1) is 23.1. The van der Waals surface area contributed by atoms with Gasteiger partial charge in [0.2, 0.25) is 5.91 Å². The van der Waals surface area contributed by atoms with Crippen LogP contribution in [0, 0.1) is 0 Å². The van der Waals surface area contributed by atoms with E-state index >= 15 is 0 Å². The topological polar surface area (TPSA) is 187 Å². The number of rotatable bonds is 8. The molecule has 0 saturated heterocycles. The first-order valence-corrected chi connectivity index (χ1v) is 23.7. The van der Waals surface area contributed by atoms with Crippen LogP contribution in [0.15, 0.2) is 57.5 Å². The first-order valence-electron chi connectivity index (χ1n) is 15.7. The Morgan fingerprint density at radius 2 is 1.02 bits per heavy atom. The summed E-state index contributed by atoms with van der Waals surface area (Å²) in [4.78, 5) is 66.8. The fourth-order valence-electron chi connectivity index (χ4n) is 5.09. The molecule has 3 N–H and O–H groups in total. The molecule has 0 aromatic heterocycles. The average molecular weight is 1170 g/mol. The van der Waals surface area contributed by atoms with Gasteiger partial charge in [0.05, 0.1) is 11.0 Å². The molecular formula is C35H49Br2IN2O11Pb. The monoisotopic (exact) mass is 1170 g/mol. The summed E-state index contributed by atoms with van der Waals surface area (Å²) in [5, 5.41) is 3.05. The van der Waals surface area contributed by atoms with Crippen molar-refractivity contribution < 1.29 is 44.3 Å². The van der Waals surface area contributed by atoms with Crippen LogP contribution in [0.5, 0.6) is 0 Å². The van der Waals surface area contributed by atoms with Crippen LogP contribution in [0.1, 0.15) is 106 Å². The Morgan fingerprint density at radius 1 is 0.673 bits per heavy atom. The summed E-state index contributed by atoms with van der Waals surface area (Å²) in [5.41, 5.74) is 6.57. The van der Waals surface area contributed by atoms with Gasteiger partial charge in [-0.3, -0.25) is 4.79 Å². The molecule has 2 aromatic rings. The number of ether oxygens (including phenoxy) is 1. The minimum atomic E-state index is -5.43. The molecule has 0 radical (unpaired) electrons. The fraction of sp³-hybridized carbons (Fsp3) is 0.486. The molecule has 0 unspecified atom stereocenters. The maximum atomic E-state index is 12.0. The van der Waals surface area contributed by atoms with Gasteiger partial charge in [-0.1, -0.05) is 70.0 Å². The third-order valence-electron chi connectivity index (χ3n) is 7.49. The normalized spacial score (nSPS) is 14.7. The van der Waals surface area contributed by atoms with Gasteiger partial charge in [-0.05, 0) is 88.3 Å². The number of halogens is 3. The van der Waals surface area contributed by atoms with E-state index in [0.29, 0.717) is 0 Å². The number of carbonyl (C=O) groups is 6. The van der Waals surface area contributed by atoms with Crippen LogP contribution in [-0.4, -0.2) is 64.5 Å². The molecule has 2 amide bonds. The summed E-state index contributed by atoms with van der Waals surface area (Å²) < 4.78 is 25.9. The van der Waals surface area contributed by atoms with Crippen molar-refractivity contribution in [1.29, 1.82) is 0 Å². The third-order valence-corrected chi connectivity index (χ3v) is 16.9. The number of nitrogens with one attached hydrogen (secondary N) is 1. The van der Waals surface area contributed by atoms with Crippen molar-refractivity contribution in [2.75, 3.05) is 0 Å². The van der Waals surface area contributed by atoms with Gasteiger partial charge in [0.15, 0.2) is 0 Å². The van der Waals surface area contributed by atoms with Crippen LogP contribution in [0.25, 0.3) is 0 Å². The van der Waals surface area contributed by atoms with Crippen molar-refractivity contribution in [2.24, 2.45) is 5.73 Å². The van der Waals surface area contributed by atoms with E-state index in [1.165, 1.54) is 0 Å². The molecule has 0 atom stereocenters. The van der Waals surface area contributed by atoms with Crippen molar-refractivity contribution in [3.8, 4) is 0 Å². The number of carbonyl (C=O) groups excluding carboxylic acids is 6. The smallest absolute Gasteiger partial charge is 0.408 e. The maximum absolute atomic E-state index is 12.0. The SMILES string of the molecule is C.CC(=O)[O][Pb]([O]C(C)=O)([O]C(C)=O)[O]C(C)=O.CC(C)(C)OC(=O)NC1(c2ccc(Br)cc2)CCC1.I.NC(=O)C1(c2ccc(Br)cc2)CCC1. The van der Waals surface area contributed by atoms with E-state index in [-0.39, 0.29) is 54.4 Å². The van der Waals surface area contributed by atoms with E-state index in [2.05, 4.69) is 60.1 Å². The molecule has 0 spiro atoms.